The summed E-state index contributed by atoms with van der Waals surface area (Å²) >= 11 is 5.89. The molecule has 1 atom stereocenters. The van der Waals surface area contributed by atoms with E-state index in [-0.39, 0.29) is 10.9 Å². The van der Waals surface area contributed by atoms with Crippen LogP contribution in [0.2, 0.25) is 5.02 Å². The Kier molecular flexibility index (Phi) is 3.30. The second kappa shape index (κ2) is 4.61. The molecule has 3 nitrogen and oxygen atoms in total. The Balaban J connectivity index is 2.36. The van der Waals surface area contributed by atoms with Gasteiger partial charge in [-0.05, 0) is 17.7 Å². The molecule has 1 aromatic carbocycles. The van der Waals surface area contributed by atoms with Gasteiger partial charge in [-0.3, -0.25) is 0 Å². The van der Waals surface area contributed by atoms with Crippen LogP contribution in [-0.2, 0) is 6.18 Å². The summed E-state index contributed by atoms with van der Waals surface area (Å²) in [6, 6.07) is 3.30. The van der Waals surface area contributed by atoms with Crippen LogP contribution in [0.3, 0.4) is 0 Å². The second-order valence-corrected chi connectivity index (χ2v) is 4.26. The van der Waals surface area contributed by atoms with Gasteiger partial charge in [-0.2, -0.15) is 28.6 Å². The van der Waals surface area contributed by atoms with Gasteiger partial charge >= 0.3 is 6.18 Å². The van der Waals surface area contributed by atoms with Crippen LogP contribution in [0.15, 0.2) is 24.4 Å². The van der Waals surface area contributed by atoms with Gasteiger partial charge in [0.05, 0.1) is 17.5 Å². The maximum Gasteiger partial charge on any atom is 0.416 e. The molecule has 0 fully saturated rings. The molecule has 2 rings (SSSR count). The fourth-order valence-electron chi connectivity index (χ4n) is 1.63. The van der Waals surface area contributed by atoms with Crippen molar-refractivity contribution in [3.8, 4) is 0 Å². The minimum Gasteiger partial charge on any atom is -0.198 e. The number of hydrogen-bond donors (Lipinski definition) is 1. The summed E-state index contributed by atoms with van der Waals surface area (Å²) < 4.78 is 37.5. The molecule has 96 valence electrons. The highest BCUT2D eigenvalue weighted by Gasteiger charge is 2.31. The zero-order valence-corrected chi connectivity index (χ0v) is 10.0. The van der Waals surface area contributed by atoms with Gasteiger partial charge in [-0.1, -0.05) is 24.6 Å². The van der Waals surface area contributed by atoms with Crippen LogP contribution in [-0.4, -0.2) is 15.4 Å². The molecule has 0 saturated heterocycles. The average Bonchev–Trinajstić information content (AvgIpc) is 2.80. The lowest BCUT2D eigenvalue weighted by Gasteiger charge is -2.13. The van der Waals surface area contributed by atoms with E-state index in [0.29, 0.717) is 11.3 Å². The van der Waals surface area contributed by atoms with Crippen LogP contribution in [0.25, 0.3) is 0 Å². The molecule has 2 aromatic rings. The third-order valence-corrected chi connectivity index (χ3v) is 3.00. The highest BCUT2D eigenvalue weighted by molar-refractivity contribution is 6.31. The van der Waals surface area contributed by atoms with E-state index in [1.165, 1.54) is 12.3 Å². The quantitative estimate of drug-likeness (QED) is 0.909. The summed E-state index contributed by atoms with van der Waals surface area (Å²) in [6.45, 7) is 1.80. The molecule has 1 heterocycles. The lowest BCUT2D eigenvalue weighted by atomic mass is 9.97. The predicted molar refractivity (Wildman–Crippen MR) is 60.4 cm³/mol. The molecule has 7 heteroatoms. The maximum atomic E-state index is 12.5. The Morgan fingerprint density at radius 2 is 2.06 bits per heavy atom. The Morgan fingerprint density at radius 3 is 2.56 bits per heavy atom. The van der Waals surface area contributed by atoms with Crippen molar-refractivity contribution >= 4 is 11.6 Å². The third kappa shape index (κ3) is 2.48. The fourth-order valence-corrected chi connectivity index (χ4v) is 1.98. The molecule has 0 aliphatic carbocycles. The van der Waals surface area contributed by atoms with Crippen molar-refractivity contribution < 1.29 is 13.2 Å². The van der Waals surface area contributed by atoms with Crippen molar-refractivity contribution in [3.05, 3.63) is 46.2 Å². The van der Waals surface area contributed by atoms with Gasteiger partial charge in [0.1, 0.15) is 0 Å². The van der Waals surface area contributed by atoms with Gasteiger partial charge in [0.2, 0.25) is 0 Å². The highest BCUT2D eigenvalue weighted by atomic mass is 35.5. The Bertz CT molecular complexity index is 537. The first kappa shape index (κ1) is 12.9. The van der Waals surface area contributed by atoms with Crippen molar-refractivity contribution in [2.45, 2.75) is 19.0 Å². The number of benzene rings is 1. The van der Waals surface area contributed by atoms with E-state index < -0.39 is 11.7 Å². The number of H-pyrrole nitrogens is 1. The molecule has 0 radical (unpaired) electrons. The van der Waals surface area contributed by atoms with Crippen molar-refractivity contribution in [2.24, 2.45) is 0 Å². The lowest BCUT2D eigenvalue weighted by Crippen LogP contribution is -2.06. The first-order valence-electron chi connectivity index (χ1n) is 5.12. The number of aromatic amines is 1. The molecular formula is C11H9ClF3N3. The molecule has 18 heavy (non-hydrogen) atoms. The number of alkyl halides is 3. The normalized spacial score (nSPS) is 13.6. The van der Waals surface area contributed by atoms with Crippen LogP contribution < -0.4 is 0 Å². The van der Waals surface area contributed by atoms with Gasteiger partial charge in [0.25, 0.3) is 0 Å². The largest absolute Gasteiger partial charge is 0.416 e. The Labute approximate surface area is 106 Å². The van der Waals surface area contributed by atoms with E-state index in [9.17, 15) is 13.2 Å². The van der Waals surface area contributed by atoms with E-state index in [1.54, 1.807) is 6.92 Å². The summed E-state index contributed by atoms with van der Waals surface area (Å²) in [4.78, 5) is 0. The number of nitrogens with zero attached hydrogens (tertiary/aromatic N) is 2. The van der Waals surface area contributed by atoms with Gasteiger partial charge in [-0.15, -0.1) is 0 Å². The van der Waals surface area contributed by atoms with Gasteiger partial charge in [0, 0.05) is 10.9 Å². The summed E-state index contributed by atoms with van der Waals surface area (Å²) in [5, 5.41) is 10.1. The van der Waals surface area contributed by atoms with Crippen molar-refractivity contribution in [1.82, 2.24) is 15.4 Å². The molecule has 1 aromatic heterocycles. The lowest BCUT2D eigenvalue weighted by molar-refractivity contribution is -0.137. The monoisotopic (exact) mass is 275 g/mol. The summed E-state index contributed by atoms with van der Waals surface area (Å²) in [7, 11) is 0. The Hall–Kier alpha value is -1.56. The van der Waals surface area contributed by atoms with Crippen molar-refractivity contribution in [3.63, 3.8) is 0 Å². The number of aromatic nitrogens is 3. The predicted octanol–water partition coefficient (Wildman–Crippen LogP) is 3.63. The molecule has 0 bridgehead atoms. The molecule has 1 unspecified atom stereocenters. The first-order chi connectivity index (χ1) is 8.39. The van der Waals surface area contributed by atoms with Crippen LogP contribution in [0.5, 0.6) is 0 Å². The van der Waals surface area contributed by atoms with E-state index in [2.05, 4.69) is 15.4 Å². The molecule has 0 aliphatic heterocycles. The molecule has 0 saturated carbocycles. The minimum absolute atomic E-state index is 0.0697. The topological polar surface area (TPSA) is 41.6 Å². The van der Waals surface area contributed by atoms with Crippen molar-refractivity contribution in [1.29, 1.82) is 0 Å². The maximum absolute atomic E-state index is 12.5. The van der Waals surface area contributed by atoms with Crippen LogP contribution >= 0.6 is 11.6 Å². The molecule has 0 aliphatic rings. The molecule has 1 N–H and O–H groups in total. The van der Waals surface area contributed by atoms with Crippen LogP contribution in [0.4, 0.5) is 13.2 Å². The Morgan fingerprint density at radius 1 is 1.33 bits per heavy atom. The second-order valence-electron chi connectivity index (χ2n) is 3.85. The van der Waals surface area contributed by atoms with E-state index in [1.807, 2.05) is 0 Å². The zero-order chi connectivity index (χ0) is 13.3. The average molecular weight is 276 g/mol. The van der Waals surface area contributed by atoms with Gasteiger partial charge < -0.3 is 0 Å². The molecule has 0 amide bonds. The minimum atomic E-state index is -4.39. The standard InChI is InChI=1S/C11H9ClF3N3/c1-6(10-5-16-18-17-10)8-3-2-7(4-9(8)12)11(13,14)15/h2-6H,1H3,(H,16,17,18). The SMILES string of the molecule is CC(c1cn[nH]n1)c1ccc(C(F)(F)F)cc1Cl. The third-order valence-electron chi connectivity index (χ3n) is 2.67. The molecular weight excluding hydrogens is 267 g/mol. The molecule has 0 spiro atoms. The van der Waals surface area contributed by atoms with Crippen LogP contribution in [0, 0.1) is 0 Å². The smallest absolute Gasteiger partial charge is 0.198 e. The highest BCUT2D eigenvalue weighted by Crippen LogP contribution is 2.35. The number of halogens is 4. The number of hydrogen-bond acceptors (Lipinski definition) is 2. The number of rotatable bonds is 2. The van der Waals surface area contributed by atoms with E-state index in [4.69, 9.17) is 11.6 Å². The number of nitrogens with one attached hydrogen (secondary N) is 1. The van der Waals surface area contributed by atoms with Gasteiger partial charge in [0.15, 0.2) is 0 Å². The van der Waals surface area contributed by atoms with E-state index >= 15 is 0 Å². The van der Waals surface area contributed by atoms with Gasteiger partial charge in [-0.25, -0.2) is 0 Å². The zero-order valence-electron chi connectivity index (χ0n) is 9.29. The fraction of sp³-hybridized carbons (Fsp3) is 0.273. The first-order valence-corrected chi connectivity index (χ1v) is 5.49. The summed E-state index contributed by atoms with van der Waals surface area (Å²) in [5.74, 6) is -0.224. The summed E-state index contributed by atoms with van der Waals surface area (Å²) in [5.41, 5.74) is 0.443. The summed E-state index contributed by atoms with van der Waals surface area (Å²) in [6.07, 6.45) is -2.88. The van der Waals surface area contributed by atoms with E-state index in [0.717, 1.165) is 12.1 Å². The van der Waals surface area contributed by atoms with Crippen molar-refractivity contribution in [2.75, 3.05) is 0 Å². The van der Waals surface area contributed by atoms with Crippen LogP contribution in [0.1, 0.15) is 29.7 Å².